The molecule has 0 spiro atoms. The molecule has 26 heavy (non-hydrogen) atoms. The van der Waals surface area contributed by atoms with Crippen LogP contribution in [-0.2, 0) is 10.0 Å². The van der Waals surface area contributed by atoms with Crippen molar-refractivity contribution in [2.75, 3.05) is 31.0 Å². The zero-order valence-electron chi connectivity index (χ0n) is 14.8. The lowest BCUT2D eigenvalue weighted by molar-refractivity contribution is 0.0950. The average molecular weight is 398 g/mol. The summed E-state index contributed by atoms with van der Waals surface area (Å²) in [5, 5.41) is 5.84. The van der Waals surface area contributed by atoms with Gasteiger partial charge in [0.05, 0.1) is 11.3 Å². The second kappa shape index (κ2) is 10.2. The molecule has 2 N–H and O–H groups in total. The lowest BCUT2D eigenvalue weighted by Crippen LogP contribution is -2.34. The number of sulfonamides is 1. The third-order valence-electron chi connectivity index (χ3n) is 3.73. The molecular weight excluding hydrogens is 374 g/mol. The Labute approximate surface area is 161 Å². The molecule has 0 aliphatic carbocycles. The normalized spacial score (nSPS) is 10.7. The van der Waals surface area contributed by atoms with Crippen LogP contribution in [-0.4, -0.2) is 41.0 Å². The van der Waals surface area contributed by atoms with Gasteiger partial charge in [-0.15, -0.1) is 12.4 Å². The van der Waals surface area contributed by atoms with Crippen LogP contribution in [0.5, 0.6) is 0 Å². The number of halogens is 1. The molecule has 142 valence electrons. The predicted octanol–water partition coefficient (Wildman–Crippen LogP) is 2.27. The van der Waals surface area contributed by atoms with Crippen LogP contribution in [0.25, 0.3) is 0 Å². The van der Waals surface area contributed by atoms with Crippen molar-refractivity contribution in [3.05, 3.63) is 60.2 Å². The van der Waals surface area contributed by atoms with Gasteiger partial charge in [0, 0.05) is 20.1 Å². The first kappa shape index (κ1) is 22.0. The van der Waals surface area contributed by atoms with Crippen LogP contribution < -0.4 is 14.9 Å². The predicted molar refractivity (Wildman–Crippen MR) is 107 cm³/mol. The summed E-state index contributed by atoms with van der Waals surface area (Å²) < 4.78 is 27.1. The van der Waals surface area contributed by atoms with E-state index in [1.54, 1.807) is 36.4 Å². The Morgan fingerprint density at radius 1 is 1.00 bits per heavy atom. The molecule has 0 atom stereocenters. The molecule has 1 amide bonds. The Kier molecular flexibility index (Phi) is 8.57. The first-order valence-electron chi connectivity index (χ1n) is 8.10. The highest BCUT2D eigenvalue weighted by Crippen LogP contribution is 2.24. The van der Waals surface area contributed by atoms with Crippen molar-refractivity contribution in [2.24, 2.45) is 0 Å². The molecule has 0 aliphatic rings. The number of amides is 1. The van der Waals surface area contributed by atoms with Gasteiger partial charge in [0.15, 0.2) is 0 Å². The van der Waals surface area contributed by atoms with Crippen LogP contribution in [0.15, 0.2) is 59.5 Å². The van der Waals surface area contributed by atoms with Gasteiger partial charge in [0.25, 0.3) is 15.9 Å². The van der Waals surface area contributed by atoms with Gasteiger partial charge >= 0.3 is 0 Å². The minimum absolute atomic E-state index is 0. The highest BCUT2D eigenvalue weighted by molar-refractivity contribution is 7.92. The molecule has 0 radical (unpaired) electrons. The number of nitrogens with zero attached hydrogens (tertiary/aromatic N) is 1. The highest BCUT2D eigenvalue weighted by atomic mass is 35.5. The van der Waals surface area contributed by atoms with Gasteiger partial charge in [-0.05, 0) is 30.8 Å². The molecule has 0 heterocycles. The van der Waals surface area contributed by atoms with E-state index in [-0.39, 0.29) is 22.9 Å². The molecule has 0 unspecified atom stereocenters. The Hall–Kier alpha value is -2.09. The van der Waals surface area contributed by atoms with E-state index in [1.165, 1.54) is 23.5 Å². The number of hydrogen-bond acceptors (Lipinski definition) is 4. The first-order chi connectivity index (χ1) is 12.0. The SMILES string of the molecule is CCNCCNC(=O)c1ccccc1S(=O)(=O)N(C)c1ccccc1.Cl. The summed E-state index contributed by atoms with van der Waals surface area (Å²) in [6.45, 7) is 3.84. The molecule has 2 rings (SSSR count). The van der Waals surface area contributed by atoms with Crippen LogP contribution in [0.2, 0.25) is 0 Å². The average Bonchev–Trinajstić information content (AvgIpc) is 2.65. The van der Waals surface area contributed by atoms with Crippen LogP contribution in [0.4, 0.5) is 5.69 Å². The maximum absolute atomic E-state index is 13.0. The Bertz CT molecular complexity index is 813. The fourth-order valence-corrected chi connectivity index (χ4v) is 3.72. The van der Waals surface area contributed by atoms with E-state index in [2.05, 4.69) is 10.6 Å². The van der Waals surface area contributed by atoms with Crippen LogP contribution in [0, 0.1) is 0 Å². The van der Waals surface area contributed by atoms with Gasteiger partial charge in [0.1, 0.15) is 4.90 Å². The second-order valence-corrected chi connectivity index (χ2v) is 7.35. The minimum Gasteiger partial charge on any atom is -0.351 e. The number of rotatable bonds is 8. The molecule has 0 aliphatic heterocycles. The van der Waals surface area contributed by atoms with Gasteiger partial charge in [-0.25, -0.2) is 8.42 Å². The van der Waals surface area contributed by atoms with Crippen molar-refractivity contribution in [3.8, 4) is 0 Å². The number of likely N-dealkylation sites (N-methyl/N-ethyl adjacent to an activating group) is 1. The molecule has 2 aromatic carbocycles. The van der Waals surface area contributed by atoms with Crippen molar-refractivity contribution in [2.45, 2.75) is 11.8 Å². The van der Waals surface area contributed by atoms with E-state index >= 15 is 0 Å². The van der Waals surface area contributed by atoms with Crippen LogP contribution in [0.1, 0.15) is 17.3 Å². The van der Waals surface area contributed by atoms with Crippen molar-refractivity contribution in [1.82, 2.24) is 10.6 Å². The number of nitrogens with one attached hydrogen (secondary N) is 2. The van der Waals surface area contributed by atoms with Crippen molar-refractivity contribution in [1.29, 1.82) is 0 Å². The summed E-state index contributed by atoms with van der Waals surface area (Å²) in [7, 11) is -2.37. The third kappa shape index (κ3) is 5.20. The second-order valence-electron chi connectivity index (χ2n) is 5.41. The zero-order chi connectivity index (χ0) is 18.3. The highest BCUT2D eigenvalue weighted by Gasteiger charge is 2.26. The molecular formula is C18H24ClN3O3S. The van der Waals surface area contributed by atoms with Gasteiger partial charge in [-0.1, -0.05) is 37.3 Å². The van der Waals surface area contributed by atoms with E-state index in [4.69, 9.17) is 0 Å². The van der Waals surface area contributed by atoms with Crippen molar-refractivity contribution >= 4 is 34.0 Å². The summed E-state index contributed by atoms with van der Waals surface area (Å²) in [5.41, 5.74) is 0.673. The summed E-state index contributed by atoms with van der Waals surface area (Å²) in [6, 6.07) is 15.0. The van der Waals surface area contributed by atoms with Gasteiger partial charge in [0.2, 0.25) is 0 Å². The molecule has 0 aromatic heterocycles. The summed E-state index contributed by atoms with van der Waals surface area (Å²) in [6.07, 6.45) is 0. The summed E-state index contributed by atoms with van der Waals surface area (Å²) in [4.78, 5) is 12.4. The molecule has 0 saturated carbocycles. The van der Waals surface area contributed by atoms with E-state index in [0.29, 0.717) is 18.8 Å². The standard InChI is InChI=1S/C18H23N3O3S.ClH/c1-3-19-13-14-20-18(22)16-11-7-8-12-17(16)25(23,24)21(2)15-9-5-4-6-10-15;/h4-12,19H,3,13-14H2,1-2H3,(H,20,22);1H. The minimum atomic E-state index is -3.85. The fraction of sp³-hybridized carbons (Fsp3) is 0.278. The van der Waals surface area contributed by atoms with Crippen LogP contribution >= 0.6 is 12.4 Å². The van der Waals surface area contributed by atoms with E-state index < -0.39 is 15.9 Å². The van der Waals surface area contributed by atoms with E-state index in [9.17, 15) is 13.2 Å². The van der Waals surface area contributed by atoms with Crippen molar-refractivity contribution < 1.29 is 13.2 Å². The molecule has 0 fully saturated rings. The molecule has 6 nitrogen and oxygen atoms in total. The number of carbonyl (C=O) groups is 1. The van der Waals surface area contributed by atoms with Gasteiger partial charge in [-0.2, -0.15) is 0 Å². The topological polar surface area (TPSA) is 78.5 Å². The Morgan fingerprint density at radius 3 is 2.27 bits per heavy atom. The maximum atomic E-state index is 13.0. The number of para-hydroxylation sites is 1. The Balaban J connectivity index is 0.00000338. The van der Waals surface area contributed by atoms with Gasteiger partial charge in [-0.3, -0.25) is 9.10 Å². The molecule has 0 bridgehead atoms. The smallest absolute Gasteiger partial charge is 0.264 e. The molecule has 2 aromatic rings. The lowest BCUT2D eigenvalue weighted by atomic mass is 10.2. The summed E-state index contributed by atoms with van der Waals surface area (Å²) in [5.74, 6) is -0.404. The number of benzene rings is 2. The monoisotopic (exact) mass is 397 g/mol. The maximum Gasteiger partial charge on any atom is 0.264 e. The number of carbonyl (C=O) groups excluding carboxylic acids is 1. The molecule has 0 saturated heterocycles. The van der Waals surface area contributed by atoms with Gasteiger partial charge < -0.3 is 10.6 Å². The molecule has 8 heteroatoms. The fourth-order valence-electron chi connectivity index (χ4n) is 2.34. The lowest BCUT2D eigenvalue weighted by Gasteiger charge is -2.21. The number of hydrogen-bond donors (Lipinski definition) is 2. The first-order valence-corrected chi connectivity index (χ1v) is 9.54. The van der Waals surface area contributed by atoms with E-state index in [1.807, 2.05) is 13.0 Å². The van der Waals surface area contributed by atoms with E-state index in [0.717, 1.165) is 6.54 Å². The number of anilines is 1. The van der Waals surface area contributed by atoms with Crippen molar-refractivity contribution in [3.63, 3.8) is 0 Å². The van der Waals surface area contributed by atoms with Crippen LogP contribution in [0.3, 0.4) is 0 Å². The largest absolute Gasteiger partial charge is 0.351 e. The Morgan fingerprint density at radius 2 is 1.62 bits per heavy atom. The summed E-state index contributed by atoms with van der Waals surface area (Å²) >= 11 is 0. The third-order valence-corrected chi connectivity index (χ3v) is 5.57. The zero-order valence-corrected chi connectivity index (χ0v) is 16.4. The quantitative estimate of drug-likeness (QED) is 0.670.